The van der Waals surface area contributed by atoms with E-state index in [4.69, 9.17) is 4.74 Å². The van der Waals surface area contributed by atoms with Crippen LogP contribution in [0.3, 0.4) is 0 Å². The molecule has 172 valence electrons. The molecule has 1 aliphatic heterocycles. The van der Waals surface area contributed by atoms with Gasteiger partial charge < -0.3 is 4.74 Å². The highest BCUT2D eigenvalue weighted by molar-refractivity contribution is 8.00. The number of hydrogen-bond donors (Lipinski definition) is 0. The standard InChI is InChI=1S/C24H24FN3O4S/c1-32-15-14-28-22(30)18-6-2-3-7-19(18)26-24(28)33-20-8-4-5-13-27(23(20)31)21(29)16-9-11-17(25)12-10-16/h2-3,6-7,9-12,20H,4-5,8,13-15H2,1H3. The summed E-state index contributed by atoms with van der Waals surface area (Å²) in [6, 6.07) is 12.2. The summed E-state index contributed by atoms with van der Waals surface area (Å²) in [4.78, 5) is 45.4. The first-order chi connectivity index (χ1) is 16.0. The topological polar surface area (TPSA) is 81.5 Å². The average Bonchev–Trinajstić information content (AvgIpc) is 3.00. The molecule has 0 spiro atoms. The molecule has 0 saturated carbocycles. The maximum atomic E-state index is 13.4. The van der Waals surface area contributed by atoms with Crippen LogP contribution in [0.1, 0.15) is 29.6 Å². The zero-order valence-corrected chi connectivity index (χ0v) is 19.0. The van der Waals surface area contributed by atoms with E-state index in [0.29, 0.717) is 48.6 Å². The number of para-hydroxylation sites is 1. The molecular formula is C24H24FN3O4S. The van der Waals surface area contributed by atoms with E-state index in [0.717, 1.165) is 6.42 Å². The van der Waals surface area contributed by atoms with Gasteiger partial charge in [0.15, 0.2) is 5.16 Å². The van der Waals surface area contributed by atoms with Crippen LogP contribution in [0.5, 0.6) is 0 Å². The number of carbonyl (C=O) groups excluding carboxylic acids is 2. The van der Waals surface area contributed by atoms with E-state index >= 15 is 0 Å². The number of rotatable bonds is 6. The van der Waals surface area contributed by atoms with Crippen molar-refractivity contribution in [2.45, 2.75) is 36.2 Å². The number of thioether (sulfide) groups is 1. The lowest BCUT2D eigenvalue weighted by Crippen LogP contribution is -2.41. The Bertz CT molecular complexity index is 1230. The number of nitrogens with zero attached hydrogens (tertiary/aromatic N) is 3. The molecule has 9 heteroatoms. The van der Waals surface area contributed by atoms with E-state index in [1.165, 1.54) is 45.5 Å². The van der Waals surface area contributed by atoms with Crippen LogP contribution in [-0.2, 0) is 16.1 Å². The van der Waals surface area contributed by atoms with Crippen LogP contribution in [-0.4, -0.2) is 51.8 Å². The molecule has 1 unspecified atom stereocenters. The van der Waals surface area contributed by atoms with Gasteiger partial charge in [-0.15, -0.1) is 0 Å². The van der Waals surface area contributed by atoms with Gasteiger partial charge in [0.05, 0.1) is 29.3 Å². The van der Waals surface area contributed by atoms with Crippen molar-refractivity contribution in [1.82, 2.24) is 14.5 Å². The van der Waals surface area contributed by atoms with E-state index < -0.39 is 17.0 Å². The van der Waals surface area contributed by atoms with E-state index in [-0.39, 0.29) is 17.0 Å². The number of imide groups is 1. The Balaban J connectivity index is 1.66. The van der Waals surface area contributed by atoms with Crippen LogP contribution in [0.15, 0.2) is 58.5 Å². The fourth-order valence-corrected chi connectivity index (χ4v) is 5.03. The second-order valence-corrected chi connectivity index (χ2v) is 8.94. The molecule has 1 aliphatic rings. The first-order valence-corrected chi connectivity index (χ1v) is 11.6. The Hall–Kier alpha value is -3.04. The van der Waals surface area contributed by atoms with Crippen molar-refractivity contribution in [2.75, 3.05) is 20.3 Å². The molecule has 2 heterocycles. The molecule has 3 aromatic rings. The largest absolute Gasteiger partial charge is 0.383 e. The van der Waals surface area contributed by atoms with Gasteiger partial charge in [-0.3, -0.25) is 23.9 Å². The molecule has 1 atom stereocenters. The summed E-state index contributed by atoms with van der Waals surface area (Å²) in [5, 5.41) is 0.349. The van der Waals surface area contributed by atoms with Crippen LogP contribution in [0.2, 0.25) is 0 Å². The highest BCUT2D eigenvalue weighted by Crippen LogP contribution is 2.30. The van der Waals surface area contributed by atoms with Gasteiger partial charge in [0, 0.05) is 19.2 Å². The number of halogens is 1. The number of benzene rings is 2. The Morgan fingerprint density at radius 1 is 1.15 bits per heavy atom. The quantitative estimate of drug-likeness (QED) is 0.406. The number of hydrogen-bond acceptors (Lipinski definition) is 6. The van der Waals surface area contributed by atoms with E-state index in [1.54, 1.807) is 25.3 Å². The Kier molecular flexibility index (Phi) is 7.20. The van der Waals surface area contributed by atoms with Crippen molar-refractivity contribution < 1.29 is 18.7 Å². The van der Waals surface area contributed by atoms with Gasteiger partial charge in [0.2, 0.25) is 5.91 Å². The normalized spacial score (nSPS) is 16.7. The second kappa shape index (κ2) is 10.3. The predicted molar refractivity (Wildman–Crippen MR) is 124 cm³/mol. The van der Waals surface area contributed by atoms with Crippen LogP contribution >= 0.6 is 11.8 Å². The minimum Gasteiger partial charge on any atom is -0.383 e. The van der Waals surface area contributed by atoms with Crippen LogP contribution in [0, 0.1) is 5.82 Å². The predicted octanol–water partition coefficient (Wildman–Crippen LogP) is 3.50. The molecule has 1 aromatic heterocycles. The molecule has 4 rings (SSSR count). The third-order valence-electron chi connectivity index (χ3n) is 5.57. The van der Waals surface area contributed by atoms with Gasteiger partial charge in [-0.05, 0) is 49.2 Å². The Morgan fingerprint density at radius 2 is 1.91 bits per heavy atom. The maximum absolute atomic E-state index is 13.4. The van der Waals surface area contributed by atoms with E-state index in [1.807, 2.05) is 6.07 Å². The van der Waals surface area contributed by atoms with Gasteiger partial charge in [-0.25, -0.2) is 9.37 Å². The summed E-state index contributed by atoms with van der Waals surface area (Å²) in [7, 11) is 1.56. The van der Waals surface area contributed by atoms with Gasteiger partial charge in [0.25, 0.3) is 11.5 Å². The average molecular weight is 470 g/mol. The number of amides is 2. The Morgan fingerprint density at radius 3 is 2.67 bits per heavy atom. The number of methoxy groups -OCH3 is 1. The van der Waals surface area contributed by atoms with Crippen molar-refractivity contribution >= 4 is 34.5 Å². The van der Waals surface area contributed by atoms with Crippen molar-refractivity contribution in [3.8, 4) is 0 Å². The third kappa shape index (κ3) is 4.99. The molecule has 0 N–H and O–H groups in total. The van der Waals surface area contributed by atoms with Gasteiger partial charge in [0.1, 0.15) is 5.82 Å². The zero-order chi connectivity index (χ0) is 23.4. The Labute approximate surface area is 194 Å². The van der Waals surface area contributed by atoms with Crippen LogP contribution in [0.25, 0.3) is 10.9 Å². The molecule has 1 fully saturated rings. The molecule has 0 bridgehead atoms. The number of aromatic nitrogens is 2. The lowest BCUT2D eigenvalue weighted by Gasteiger charge is -2.23. The number of fused-ring (bicyclic) bond motifs is 1. The van der Waals surface area contributed by atoms with E-state index in [2.05, 4.69) is 4.98 Å². The SMILES string of the molecule is COCCn1c(SC2CCCCN(C(=O)c3ccc(F)cc3)C2=O)nc2ccccc2c1=O. The first kappa shape index (κ1) is 23.1. The minimum absolute atomic E-state index is 0.194. The minimum atomic E-state index is -0.571. The molecule has 2 aromatic carbocycles. The van der Waals surface area contributed by atoms with Crippen LogP contribution in [0.4, 0.5) is 4.39 Å². The van der Waals surface area contributed by atoms with Crippen LogP contribution < -0.4 is 5.56 Å². The highest BCUT2D eigenvalue weighted by atomic mass is 32.2. The summed E-state index contributed by atoms with van der Waals surface area (Å²) in [5.41, 5.74) is 0.621. The highest BCUT2D eigenvalue weighted by Gasteiger charge is 2.33. The lowest BCUT2D eigenvalue weighted by atomic mass is 10.2. The fraction of sp³-hybridized carbons (Fsp3) is 0.333. The molecule has 0 radical (unpaired) electrons. The van der Waals surface area contributed by atoms with Crippen molar-refractivity contribution in [3.05, 3.63) is 70.3 Å². The lowest BCUT2D eigenvalue weighted by molar-refractivity contribution is -0.127. The third-order valence-corrected chi connectivity index (χ3v) is 6.81. The summed E-state index contributed by atoms with van der Waals surface area (Å²) >= 11 is 1.20. The second-order valence-electron chi connectivity index (χ2n) is 7.77. The number of likely N-dealkylation sites (tertiary alicyclic amines) is 1. The summed E-state index contributed by atoms with van der Waals surface area (Å²) < 4.78 is 20.0. The monoisotopic (exact) mass is 469 g/mol. The van der Waals surface area contributed by atoms with Crippen molar-refractivity contribution in [3.63, 3.8) is 0 Å². The van der Waals surface area contributed by atoms with E-state index in [9.17, 15) is 18.8 Å². The molecule has 7 nitrogen and oxygen atoms in total. The number of carbonyl (C=O) groups is 2. The maximum Gasteiger partial charge on any atom is 0.262 e. The van der Waals surface area contributed by atoms with Crippen molar-refractivity contribution in [2.24, 2.45) is 0 Å². The van der Waals surface area contributed by atoms with Gasteiger partial charge in [-0.1, -0.05) is 30.3 Å². The first-order valence-electron chi connectivity index (χ1n) is 10.8. The number of ether oxygens (including phenoxy) is 1. The fourth-order valence-electron chi connectivity index (χ4n) is 3.81. The molecule has 2 amide bonds. The molecule has 1 saturated heterocycles. The summed E-state index contributed by atoms with van der Waals surface area (Å²) in [6.45, 7) is 0.920. The summed E-state index contributed by atoms with van der Waals surface area (Å²) in [5.74, 6) is -1.22. The zero-order valence-electron chi connectivity index (χ0n) is 18.2. The molecule has 0 aliphatic carbocycles. The molecule has 33 heavy (non-hydrogen) atoms. The van der Waals surface area contributed by atoms with Gasteiger partial charge in [-0.2, -0.15) is 0 Å². The summed E-state index contributed by atoms with van der Waals surface area (Å²) in [6.07, 6.45) is 1.99. The molecular weight excluding hydrogens is 445 g/mol. The van der Waals surface area contributed by atoms with Gasteiger partial charge >= 0.3 is 0 Å². The smallest absolute Gasteiger partial charge is 0.262 e. The van der Waals surface area contributed by atoms with Crippen molar-refractivity contribution in [1.29, 1.82) is 0 Å².